The standard InChI is InChI=1S/C14H14Br2FNS/c1-2-18-12(13-5-6-14(16)19-13)8-9-7-10(15)3-4-11(9)17/h3-7,12,18H,2,8H2,1H3. The fourth-order valence-electron chi connectivity index (χ4n) is 1.95. The van der Waals surface area contributed by atoms with Gasteiger partial charge in [0.1, 0.15) is 5.82 Å². The molecule has 2 rings (SSSR count). The highest BCUT2D eigenvalue weighted by Gasteiger charge is 2.15. The average Bonchev–Trinajstić information content (AvgIpc) is 2.80. The molecular weight excluding hydrogens is 393 g/mol. The Morgan fingerprint density at radius 3 is 2.68 bits per heavy atom. The van der Waals surface area contributed by atoms with Gasteiger partial charge in [-0.1, -0.05) is 22.9 Å². The van der Waals surface area contributed by atoms with Gasteiger partial charge in [0.25, 0.3) is 0 Å². The van der Waals surface area contributed by atoms with E-state index < -0.39 is 0 Å². The first-order valence-corrected chi connectivity index (χ1v) is 8.43. The van der Waals surface area contributed by atoms with E-state index in [0.717, 1.165) is 20.4 Å². The minimum absolute atomic E-state index is 0.144. The van der Waals surface area contributed by atoms with E-state index in [0.29, 0.717) is 6.42 Å². The first kappa shape index (κ1) is 15.2. The normalized spacial score (nSPS) is 12.6. The van der Waals surface area contributed by atoms with Gasteiger partial charge in [0.15, 0.2) is 0 Å². The van der Waals surface area contributed by atoms with Crippen LogP contribution in [0.3, 0.4) is 0 Å². The van der Waals surface area contributed by atoms with Crippen molar-refractivity contribution >= 4 is 43.2 Å². The van der Waals surface area contributed by atoms with Crippen LogP contribution in [-0.4, -0.2) is 6.54 Å². The van der Waals surface area contributed by atoms with E-state index in [1.807, 2.05) is 12.1 Å². The van der Waals surface area contributed by atoms with Gasteiger partial charge in [-0.05, 0) is 64.8 Å². The lowest BCUT2D eigenvalue weighted by molar-refractivity contribution is 0.534. The number of nitrogens with one attached hydrogen (secondary N) is 1. The van der Waals surface area contributed by atoms with Gasteiger partial charge >= 0.3 is 0 Å². The van der Waals surface area contributed by atoms with Crippen LogP contribution >= 0.6 is 43.2 Å². The van der Waals surface area contributed by atoms with Crippen LogP contribution in [0.15, 0.2) is 38.6 Å². The van der Waals surface area contributed by atoms with Crippen molar-refractivity contribution in [3.8, 4) is 0 Å². The van der Waals surface area contributed by atoms with Crippen LogP contribution in [0.2, 0.25) is 0 Å². The van der Waals surface area contributed by atoms with Gasteiger partial charge in [-0.3, -0.25) is 0 Å². The molecule has 0 saturated carbocycles. The lowest BCUT2D eigenvalue weighted by Crippen LogP contribution is -2.22. The molecule has 2 aromatic rings. The van der Waals surface area contributed by atoms with Crippen LogP contribution < -0.4 is 5.32 Å². The van der Waals surface area contributed by atoms with Crippen molar-refractivity contribution < 1.29 is 4.39 Å². The maximum Gasteiger partial charge on any atom is 0.126 e. The monoisotopic (exact) mass is 405 g/mol. The molecule has 0 aliphatic heterocycles. The number of benzene rings is 1. The SMILES string of the molecule is CCNC(Cc1cc(Br)ccc1F)c1ccc(Br)s1. The Morgan fingerprint density at radius 1 is 1.26 bits per heavy atom. The molecule has 1 aromatic carbocycles. The highest BCUT2D eigenvalue weighted by atomic mass is 79.9. The summed E-state index contributed by atoms with van der Waals surface area (Å²) in [4.78, 5) is 1.22. The van der Waals surface area contributed by atoms with Crippen molar-refractivity contribution in [1.29, 1.82) is 0 Å². The highest BCUT2D eigenvalue weighted by Crippen LogP contribution is 2.30. The van der Waals surface area contributed by atoms with E-state index in [4.69, 9.17) is 0 Å². The zero-order valence-electron chi connectivity index (χ0n) is 10.4. The number of rotatable bonds is 5. The summed E-state index contributed by atoms with van der Waals surface area (Å²) >= 11 is 8.55. The third kappa shape index (κ3) is 4.12. The number of likely N-dealkylation sites (N-methyl/N-ethyl adjacent to an activating group) is 1. The van der Waals surface area contributed by atoms with Gasteiger partial charge < -0.3 is 5.32 Å². The highest BCUT2D eigenvalue weighted by molar-refractivity contribution is 9.11. The fourth-order valence-corrected chi connectivity index (χ4v) is 3.86. The van der Waals surface area contributed by atoms with Crippen molar-refractivity contribution in [2.24, 2.45) is 0 Å². The van der Waals surface area contributed by atoms with Gasteiger partial charge in [-0.2, -0.15) is 0 Å². The molecule has 0 amide bonds. The van der Waals surface area contributed by atoms with Crippen LogP contribution in [0, 0.1) is 5.82 Å². The summed E-state index contributed by atoms with van der Waals surface area (Å²) in [6.45, 7) is 2.92. The average molecular weight is 407 g/mol. The minimum Gasteiger partial charge on any atom is -0.309 e. The van der Waals surface area contributed by atoms with Gasteiger partial charge in [0.05, 0.1) is 3.79 Å². The summed E-state index contributed by atoms with van der Waals surface area (Å²) < 4.78 is 15.8. The zero-order chi connectivity index (χ0) is 13.8. The second-order valence-electron chi connectivity index (χ2n) is 4.19. The summed E-state index contributed by atoms with van der Waals surface area (Å²) in [6.07, 6.45) is 0.645. The predicted molar refractivity (Wildman–Crippen MR) is 86.2 cm³/mol. The lowest BCUT2D eigenvalue weighted by Gasteiger charge is -2.17. The van der Waals surface area contributed by atoms with Crippen molar-refractivity contribution in [1.82, 2.24) is 5.32 Å². The van der Waals surface area contributed by atoms with Crippen molar-refractivity contribution in [2.75, 3.05) is 6.54 Å². The molecule has 0 saturated heterocycles. The van der Waals surface area contributed by atoms with E-state index in [2.05, 4.69) is 50.2 Å². The molecule has 1 unspecified atom stereocenters. The predicted octanol–water partition coefficient (Wildman–Crippen LogP) is 5.31. The summed E-state index contributed by atoms with van der Waals surface area (Å²) in [5, 5.41) is 3.42. The Bertz CT molecular complexity index is 556. The molecule has 0 spiro atoms. The maximum atomic E-state index is 13.8. The van der Waals surface area contributed by atoms with Crippen LogP contribution in [0.1, 0.15) is 23.4 Å². The molecule has 1 heterocycles. The topological polar surface area (TPSA) is 12.0 Å². The molecule has 1 atom stereocenters. The van der Waals surface area contributed by atoms with Crippen molar-refractivity contribution in [3.63, 3.8) is 0 Å². The van der Waals surface area contributed by atoms with Gasteiger partial charge in [0, 0.05) is 15.4 Å². The van der Waals surface area contributed by atoms with Crippen LogP contribution in [-0.2, 0) is 6.42 Å². The zero-order valence-corrected chi connectivity index (χ0v) is 14.4. The molecule has 5 heteroatoms. The Labute approximate surface area is 133 Å². The first-order valence-electron chi connectivity index (χ1n) is 6.02. The summed E-state index contributed by atoms with van der Waals surface area (Å²) in [6, 6.07) is 9.34. The first-order chi connectivity index (χ1) is 9.10. The van der Waals surface area contributed by atoms with E-state index in [1.54, 1.807) is 17.4 Å². The fraction of sp³-hybridized carbons (Fsp3) is 0.286. The molecular formula is C14H14Br2FNS. The quantitative estimate of drug-likeness (QED) is 0.709. The minimum atomic E-state index is -0.151. The number of halogens is 3. The third-order valence-corrected chi connectivity index (χ3v) is 5.05. The molecule has 0 fully saturated rings. The molecule has 19 heavy (non-hydrogen) atoms. The van der Waals surface area contributed by atoms with Crippen molar-refractivity contribution in [2.45, 2.75) is 19.4 Å². The Balaban J connectivity index is 2.23. The van der Waals surface area contributed by atoms with Crippen LogP contribution in [0.5, 0.6) is 0 Å². The molecule has 0 bridgehead atoms. The summed E-state index contributed by atoms with van der Waals surface area (Å²) in [5.41, 5.74) is 0.727. The molecule has 0 aliphatic carbocycles. The molecule has 0 aliphatic rings. The summed E-state index contributed by atoms with van der Waals surface area (Å²) in [7, 11) is 0. The van der Waals surface area contributed by atoms with E-state index >= 15 is 0 Å². The van der Waals surface area contributed by atoms with Gasteiger partial charge in [-0.15, -0.1) is 11.3 Å². The van der Waals surface area contributed by atoms with E-state index in [9.17, 15) is 4.39 Å². The third-order valence-electron chi connectivity index (χ3n) is 2.82. The number of thiophene rings is 1. The Hall–Kier alpha value is -0.230. The molecule has 1 N–H and O–H groups in total. The second kappa shape index (κ2) is 6.97. The lowest BCUT2D eigenvalue weighted by atomic mass is 10.0. The maximum absolute atomic E-state index is 13.8. The van der Waals surface area contributed by atoms with Gasteiger partial charge in [0.2, 0.25) is 0 Å². The smallest absolute Gasteiger partial charge is 0.126 e. The Kier molecular flexibility index (Phi) is 5.57. The van der Waals surface area contributed by atoms with Gasteiger partial charge in [-0.25, -0.2) is 4.39 Å². The van der Waals surface area contributed by atoms with Crippen LogP contribution in [0.25, 0.3) is 0 Å². The second-order valence-corrected chi connectivity index (χ2v) is 7.60. The summed E-state index contributed by atoms with van der Waals surface area (Å²) in [5.74, 6) is -0.151. The molecule has 1 aromatic heterocycles. The molecule has 102 valence electrons. The largest absolute Gasteiger partial charge is 0.309 e. The Morgan fingerprint density at radius 2 is 2.05 bits per heavy atom. The molecule has 1 nitrogen and oxygen atoms in total. The van der Waals surface area contributed by atoms with E-state index in [-0.39, 0.29) is 11.9 Å². The van der Waals surface area contributed by atoms with Crippen molar-refractivity contribution in [3.05, 3.63) is 54.8 Å². The molecule has 0 radical (unpaired) electrons. The number of hydrogen-bond donors (Lipinski definition) is 1. The van der Waals surface area contributed by atoms with Crippen LogP contribution in [0.4, 0.5) is 4.39 Å². The van der Waals surface area contributed by atoms with E-state index in [1.165, 1.54) is 10.9 Å². The number of hydrogen-bond acceptors (Lipinski definition) is 2.